The second-order valence-corrected chi connectivity index (χ2v) is 11.9. The van der Waals surface area contributed by atoms with E-state index in [2.05, 4.69) is 10.3 Å². The summed E-state index contributed by atoms with van der Waals surface area (Å²) in [7, 11) is 0. The number of amides is 2. The first kappa shape index (κ1) is 32.2. The van der Waals surface area contributed by atoms with Crippen LogP contribution in [-0.4, -0.2) is 56.0 Å². The molecule has 3 aromatic carbocycles. The highest BCUT2D eigenvalue weighted by atomic mass is 16.5. The molecular weight excluding hydrogens is 554 g/mol. The number of nitrogens with one attached hydrogen (secondary N) is 1. The van der Waals surface area contributed by atoms with Gasteiger partial charge >= 0.3 is 12.2 Å². The molecule has 0 aliphatic heterocycles. The average molecular weight is 596 g/mol. The van der Waals surface area contributed by atoms with Gasteiger partial charge in [-0.3, -0.25) is 9.88 Å². The average Bonchev–Trinajstić information content (AvgIpc) is 3.00. The van der Waals surface area contributed by atoms with Crippen LogP contribution < -0.4 is 5.32 Å². The number of ether oxygens (including phenoxy) is 1. The first-order valence-corrected chi connectivity index (χ1v) is 14.8. The molecule has 1 aromatic heterocycles. The highest BCUT2D eigenvalue weighted by Crippen LogP contribution is 2.26. The van der Waals surface area contributed by atoms with Gasteiger partial charge in [-0.2, -0.15) is 0 Å². The van der Waals surface area contributed by atoms with Gasteiger partial charge in [0.1, 0.15) is 6.61 Å². The molecule has 8 nitrogen and oxygen atoms in total. The number of alkyl carbamates (subject to hydrolysis) is 1. The summed E-state index contributed by atoms with van der Waals surface area (Å²) < 4.78 is 5.51. The molecule has 8 heteroatoms. The summed E-state index contributed by atoms with van der Waals surface area (Å²) in [6, 6.07) is 29.5. The van der Waals surface area contributed by atoms with E-state index in [1.165, 1.54) is 4.90 Å². The third kappa shape index (κ3) is 9.41. The Morgan fingerprint density at radius 2 is 1.34 bits per heavy atom. The van der Waals surface area contributed by atoms with Crippen molar-refractivity contribution in [2.24, 2.45) is 0 Å². The van der Waals surface area contributed by atoms with Gasteiger partial charge in [0.15, 0.2) is 0 Å². The predicted octanol–water partition coefficient (Wildman–Crippen LogP) is 6.73. The van der Waals surface area contributed by atoms with E-state index in [1.807, 2.05) is 118 Å². The van der Waals surface area contributed by atoms with Crippen molar-refractivity contribution in [3.8, 4) is 11.1 Å². The van der Waals surface area contributed by atoms with Crippen LogP contribution in [0, 0.1) is 0 Å². The third-order valence-electron chi connectivity index (χ3n) is 7.50. The number of hydrogen-bond acceptors (Lipinski definition) is 5. The maximum absolute atomic E-state index is 13.0. The second kappa shape index (κ2) is 15.2. The van der Waals surface area contributed by atoms with Crippen LogP contribution in [0.4, 0.5) is 9.59 Å². The molecule has 0 aliphatic rings. The zero-order valence-corrected chi connectivity index (χ0v) is 25.5. The summed E-state index contributed by atoms with van der Waals surface area (Å²) in [5.41, 5.74) is 4.02. The first-order chi connectivity index (χ1) is 21.1. The van der Waals surface area contributed by atoms with Crippen molar-refractivity contribution >= 4 is 12.2 Å². The van der Waals surface area contributed by atoms with Crippen molar-refractivity contribution in [2.45, 2.75) is 70.4 Å². The van der Waals surface area contributed by atoms with E-state index in [0.29, 0.717) is 12.8 Å². The SMILES string of the molecule is CC(C)(C)N(C(=O)O)[C@@H](Cc1ccccc1)[C@@H](O)C[C@H](Cc1ccc(-c2ccncc2)cc1)NC(=O)OCc1ccccc1. The van der Waals surface area contributed by atoms with Gasteiger partial charge < -0.3 is 20.3 Å². The standard InChI is InChI=1S/C36H41N3O5/c1-36(2,3)39(35(42)43)32(23-26-10-6-4-7-11-26)33(40)24-31(38-34(41)44-25-28-12-8-5-9-13-28)22-27-14-16-29(17-15-27)30-18-20-37-21-19-30/h4-21,31-33,40H,22-25H2,1-3H3,(H,38,41)(H,42,43)/t31-,32-,33-/m0/s1. The van der Waals surface area contributed by atoms with Crippen LogP contribution >= 0.6 is 0 Å². The minimum Gasteiger partial charge on any atom is -0.465 e. The normalized spacial score (nSPS) is 13.4. The molecule has 0 aliphatic carbocycles. The highest BCUT2D eigenvalue weighted by molar-refractivity contribution is 5.68. The smallest absolute Gasteiger partial charge is 0.408 e. The Balaban J connectivity index is 1.56. The number of aromatic nitrogens is 1. The number of benzene rings is 3. The maximum atomic E-state index is 13.0. The Kier molecular flexibility index (Phi) is 11.1. The number of rotatable bonds is 12. The van der Waals surface area contributed by atoms with Gasteiger partial charge in [-0.25, -0.2) is 9.59 Å². The van der Waals surface area contributed by atoms with E-state index in [1.54, 1.807) is 12.4 Å². The van der Waals surface area contributed by atoms with Crippen LogP contribution in [0.25, 0.3) is 11.1 Å². The number of hydrogen-bond donors (Lipinski definition) is 3. The number of carboxylic acid groups (broad SMARTS) is 1. The van der Waals surface area contributed by atoms with E-state index < -0.39 is 35.9 Å². The summed E-state index contributed by atoms with van der Waals surface area (Å²) in [6.45, 7) is 5.54. The largest absolute Gasteiger partial charge is 0.465 e. The van der Waals surface area contributed by atoms with Crippen LogP contribution in [0.1, 0.15) is 43.9 Å². The van der Waals surface area contributed by atoms with E-state index >= 15 is 0 Å². The monoisotopic (exact) mass is 595 g/mol. The van der Waals surface area contributed by atoms with E-state index in [9.17, 15) is 19.8 Å². The molecule has 0 saturated carbocycles. The fourth-order valence-corrected chi connectivity index (χ4v) is 5.42. The van der Waals surface area contributed by atoms with E-state index in [4.69, 9.17) is 4.74 Å². The molecule has 0 spiro atoms. The van der Waals surface area contributed by atoms with Crippen LogP contribution in [0.5, 0.6) is 0 Å². The van der Waals surface area contributed by atoms with Crippen molar-refractivity contribution < 1.29 is 24.5 Å². The number of aliphatic hydroxyl groups excluding tert-OH is 1. The van der Waals surface area contributed by atoms with Crippen molar-refractivity contribution in [1.29, 1.82) is 0 Å². The molecule has 0 fully saturated rings. The lowest BCUT2D eigenvalue weighted by molar-refractivity contribution is 0.000135. The van der Waals surface area contributed by atoms with Crippen LogP contribution in [0.3, 0.4) is 0 Å². The van der Waals surface area contributed by atoms with E-state index in [-0.39, 0.29) is 13.0 Å². The quantitative estimate of drug-likeness (QED) is 0.168. The van der Waals surface area contributed by atoms with Gasteiger partial charge in [0, 0.05) is 24.0 Å². The maximum Gasteiger partial charge on any atom is 0.408 e. The summed E-state index contributed by atoms with van der Waals surface area (Å²) >= 11 is 0. The number of nitrogens with zero attached hydrogens (tertiary/aromatic N) is 2. The molecule has 3 N–H and O–H groups in total. The van der Waals surface area contributed by atoms with Gasteiger partial charge in [-0.05, 0) is 80.0 Å². The number of aliphatic hydroxyl groups is 1. The molecule has 0 radical (unpaired) electrons. The van der Waals surface area contributed by atoms with Crippen molar-refractivity contribution in [3.63, 3.8) is 0 Å². The van der Waals surface area contributed by atoms with Gasteiger partial charge in [-0.1, -0.05) is 84.9 Å². The zero-order chi connectivity index (χ0) is 31.5. The first-order valence-electron chi connectivity index (χ1n) is 14.8. The Hall–Kier alpha value is -4.69. The van der Waals surface area contributed by atoms with Gasteiger partial charge in [0.2, 0.25) is 0 Å². The van der Waals surface area contributed by atoms with Crippen LogP contribution in [0.2, 0.25) is 0 Å². The summed E-state index contributed by atoms with van der Waals surface area (Å²) in [5, 5.41) is 24.9. The molecule has 3 atom stereocenters. The third-order valence-corrected chi connectivity index (χ3v) is 7.50. The van der Waals surface area contributed by atoms with Crippen molar-refractivity contribution in [1.82, 2.24) is 15.2 Å². The van der Waals surface area contributed by atoms with Crippen molar-refractivity contribution in [2.75, 3.05) is 0 Å². The Labute approximate surface area is 259 Å². The van der Waals surface area contributed by atoms with Gasteiger partial charge in [0.25, 0.3) is 0 Å². The molecule has 44 heavy (non-hydrogen) atoms. The molecular formula is C36H41N3O5. The molecule has 1 heterocycles. The van der Waals surface area contributed by atoms with E-state index in [0.717, 1.165) is 27.8 Å². The molecule has 0 unspecified atom stereocenters. The summed E-state index contributed by atoms with van der Waals surface area (Å²) in [4.78, 5) is 30.9. The number of carbonyl (C=O) groups is 2. The minimum absolute atomic E-state index is 0.107. The fraction of sp³-hybridized carbons (Fsp3) is 0.306. The molecule has 4 aromatic rings. The number of carbonyl (C=O) groups excluding carboxylic acids is 1. The Morgan fingerprint density at radius 1 is 0.795 bits per heavy atom. The van der Waals surface area contributed by atoms with Gasteiger partial charge in [-0.15, -0.1) is 0 Å². The highest BCUT2D eigenvalue weighted by Gasteiger charge is 2.38. The topological polar surface area (TPSA) is 112 Å². The lowest BCUT2D eigenvalue weighted by Gasteiger charge is -2.42. The second-order valence-electron chi connectivity index (χ2n) is 11.9. The lowest BCUT2D eigenvalue weighted by atomic mass is 9.90. The minimum atomic E-state index is -1.11. The predicted molar refractivity (Wildman–Crippen MR) is 171 cm³/mol. The zero-order valence-electron chi connectivity index (χ0n) is 25.5. The fourth-order valence-electron chi connectivity index (χ4n) is 5.42. The van der Waals surface area contributed by atoms with Crippen molar-refractivity contribution in [3.05, 3.63) is 126 Å². The molecule has 230 valence electrons. The molecule has 0 bridgehead atoms. The molecule has 2 amide bonds. The van der Waals surface area contributed by atoms with Crippen LogP contribution in [-0.2, 0) is 24.2 Å². The number of pyridine rings is 1. The lowest BCUT2D eigenvalue weighted by Crippen LogP contribution is -2.57. The Bertz CT molecular complexity index is 1460. The Morgan fingerprint density at radius 3 is 1.91 bits per heavy atom. The molecule has 4 rings (SSSR count). The summed E-state index contributed by atoms with van der Waals surface area (Å²) in [6.07, 6.45) is 1.53. The molecule has 0 saturated heterocycles. The summed E-state index contributed by atoms with van der Waals surface area (Å²) in [5.74, 6) is 0. The van der Waals surface area contributed by atoms with Gasteiger partial charge in [0.05, 0.1) is 12.1 Å². The van der Waals surface area contributed by atoms with Crippen LogP contribution in [0.15, 0.2) is 109 Å².